The van der Waals surface area contributed by atoms with E-state index < -0.39 is 6.16 Å². The lowest BCUT2D eigenvalue weighted by Crippen LogP contribution is -2.22. The Hall–Kier alpha value is -5.83. The van der Waals surface area contributed by atoms with Gasteiger partial charge in [-0.1, -0.05) is 99.5 Å². The molecule has 0 bridgehead atoms. The number of hydrogen-bond donors (Lipinski definition) is 0. The molecule has 2 aromatic heterocycles. The molecule has 48 heavy (non-hydrogen) atoms. The Morgan fingerprint density at radius 3 is 1.06 bits per heavy atom. The Bertz CT molecular complexity index is 1940. The predicted molar refractivity (Wildman–Crippen MR) is 187 cm³/mol. The Kier molecular flexibility index (Phi) is 9.85. The van der Waals surface area contributed by atoms with Crippen LogP contribution >= 0.6 is 0 Å². The average Bonchev–Trinajstić information content (AvgIpc) is 3.56. The minimum absolute atomic E-state index is 0.0692. The number of hydrogen-bond acceptors (Lipinski definition) is 5. The summed E-state index contributed by atoms with van der Waals surface area (Å²) >= 11 is 0. The van der Waals surface area contributed by atoms with Gasteiger partial charge in [0.2, 0.25) is 11.8 Å². The van der Waals surface area contributed by atoms with Crippen molar-refractivity contribution in [3.05, 3.63) is 153 Å². The molecule has 4 aromatic carbocycles. The lowest BCUT2D eigenvalue weighted by Gasteiger charge is -2.16. The monoisotopic (exact) mass is 642 g/mol. The van der Waals surface area contributed by atoms with Crippen LogP contribution in [0.5, 0.6) is 11.8 Å². The van der Waals surface area contributed by atoms with E-state index in [1.807, 2.05) is 135 Å². The third-order valence-corrected chi connectivity index (χ3v) is 8.13. The van der Waals surface area contributed by atoms with E-state index in [0.717, 1.165) is 12.8 Å². The molecule has 0 saturated carbocycles. The highest BCUT2D eigenvalue weighted by atomic mass is 16.7. The van der Waals surface area contributed by atoms with Crippen LogP contribution < -0.4 is 20.6 Å². The zero-order valence-corrected chi connectivity index (χ0v) is 27.1. The van der Waals surface area contributed by atoms with Gasteiger partial charge in [0.05, 0.1) is 33.9 Å². The van der Waals surface area contributed by atoms with Crippen molar-refractivity contribution in [3.8, 4) is 34.5 Å². The number of carbonyl (C=O) groups is 1. The van der Waals surface area contributed by atoms with Crippen molar-refractivity contribution in [2.45, 2.75) is 52.4 Å². The molecular formula is C39H38N4O5. The molecule has 6 aromatic rings. The van der Waals surface area contributed by atoms with Crippen LogP contribution in [0.2, 0.25) is 0 Å². The largest absolute Gasteiger partial charge is 0.522 e. The molecule has 0 aliphatic heterocycles. The van der Waals surface area contributed by atoms with E-state index in [0.29, 0.717) is 59.6 Å². The summed E-state index contributed by atoms with van der Waals surface area (Å²) in [5.74, 6) is 0.138. The van der Waals surface area contributed by atoms with Gasteiger partial charge in [-0.05, 0) is 74.2 Å². The second-order valence-corrected chi connectivity index (χ2v) is 11.4. The van der Waals surface area contributed by atoms with Gasteiger partial charge in [0.15, 0.2) is 0 Å². The SMILES string of the molecule is CCCCc1c(OC(=O)Oc2c(CCCC)c(=O)n(-c3ccccc3)n2-c2ccccc2)n(-c2ccccc2)n(-c2ccccc2)c1=O. The Labute approximate surface area is 278 Å². The predicted octanol–water partition coefficient (Wildman–Crippen LogP) is 7.83. The number of carbonyl (C=O) groups excluding carboxylic acids is 1. The van der Waals surface area contributed by atoms with Gasteiger partial charge in [-0.2, -0.15) is 0 Å². The molecule has 0 N–H and O–H groups in total. The molecular weight excluding hydrogens is 604 g/mol. The van der Waals surface area contributed by atoms with E-state index in [1.54, 1.807) is 9.36 Å². The van der Waals surface area contributed by atoms with E-state index >= 15 is 0 Å². The number of aromatic nitrogens is 4. The zero-order chi connectivity index (χ0) is 33.5. The van der Waals surface area contributed by atoms with Crippen LogP contribution in [-0.2, 0) is 12.8 Å². The molecule has 0 unspecified atom stereocenters. The lowest BCUT2D eigenvalue weighted by molar-refractivity contribution is 0.144. The van der Waals surface area contributed by atoms with Gasteiger partial charge in [0.25, 0.3) is 11.1 Å². The molecule has 0 saturated heterocycles. The summed E-state index contributed by atoms with van der Waals surface area (Å²) in [6.07, 6.45) is 2.82. The van der Waals surface area contributed by atoms with Crippen LogP contribution in [0.3, 0.4) is 0 Å². The van der Waals surface area contributed by atoms with E-state index in [4.69, 9.17) is 9.47 Å². The second kappa shape index (κ2) is 14.7. The number of nitrogens with zero attached hydrogens (tertiary/aromatic N) is 4. The first kappa shape index (κ1) is 32.1. The maximum Gasteiger partial charge on any atom is 0.522 e. The van der Waals surface area contributed by atoms with Crippen LogP contribution in [0.1, 0.15) is 50.7 Å². The minimum Gasteiger partial charge on any atom is -0.375 e. The van der Waals surface area contributed by atoms with Crippen molar-refractivity contribution in [1.29, 1.82) is 0 Å². The lowest BCUT2D eigenvalue weighted by atomic mass is 10.1. The molecule has 2 heterocycles. The van der Waals surface area contributed by atoms with Crippen molar-refractivity contribution in [2.24, 2.45) is 0 Å². The fourth-order valence-electron chi connectivity index (χ4n) is 5.79. The second-order valence-electron chi connectivity index (χ2n) is 11.4. The van der Waals surface area contributed by atoms with Gasteiger partial charge >= 0.3 is 6.16 Å². The molecule has 0 amide bonds. The van der Waals surface area contributed by atoms with Gasteiger partial charge in [-0.15, -0.1) is 0 Å². The van der Waals surface area contributed by atoms with Crippen molar-refractivity contribution in [3.63, 3.8) is 0 Å². The van der Waals surface area contributed by atoms with Gasteiger partial charge in [0.1, 0.15) is 0 Å². The molecule has 244 valence electrons. The smallest absolute Gasteiger partial charge is 0.375 e. The Morgan fingerprint density at radius 1 is 0.479 bits per heavy atom. The molecule has 0 spiro atoms. The molecule has 0 fully saturated rings. The van der Waals surface area contributed by atoms with Crippen LogP contribution in [0.4, 0.5) is 4.79 Å². The van der Waals surface area contributed by atoms with Crippen molar-refractivity contribution < 1.29 is 14.3 Å². The number of para-hydroxylation sites is 4. The van der Waals surface area contributed by atoms with Crippen molar-refractivity contribution in [1.82, 2.24) is 18.7 Å². The van der Waals surface area contributed by atoms with Crippen LogP contribution in [0.15, 0.2) is 131 Å². The molecule has 9 heteroatoms. The summed E-state index contributed by atoms with van der Waals surface area (Å²) < 4.78 is 18.4. The molecule has 6 rings (SSSR count). The average molecular weight is 643 g/mol. The van der Waals surface area contributed by atoms with Crippen molar-refractivity contribution >= 4 is 6.16 Å². The van der Waals surface area contributed by atoms with Gasteiger partial charge < -0.3 is 9.47 Å². The fourth-order valence-corrected chi connectivity index (χ4v) is 5.79. The van der Waals surface area contributed by atoms with E-state index in [9.17, 15) is 14.4 Å². The quantitative estimate of drug-likeness (QED) is 0.127. The summed E-state index contributed by atoms with van der Waals surface area (Å²) in [5, 5.41) is 0. The third kappa shape index (κ3) is 6.40. The van der Waals surface area contributed by atoms with Crippen LogP contribution in [0, 0.1) is 0 Å². The van der Waals surface area contributed by atoms with E-state index in [2.05, 4.69) is 0 Å². The summed E-state index contributed by atoms with van der Waals surface area (Å²) in [7, 11) is 0. The highest BCUT2D eigenvalue weighted by Gasteiger charge is 2.29. The van der Waals surface area contributed by atoms with Crippen molar-refractivity contribution in [2.75, 3.05) is 0 Å². The summed E-state index contributed by atoms with van der Waals surface area (Å²) in [6, 6.07) is 37.0. The highest BCUT2D eigenvalue weighted by Crippen LogP contribution is 2.29. The normalized spacial score (nSPS) is 11.0. The molecule has 9 nitrogen and oxygen atoms in total. The topological polar surface area (TPSA) is 89.4 Å². The summed E-state index contributed by atoms with van der Waals surface area (Å²) in [5.41, 5.74) is 2.62. The standard InChI is InChI=1S/C39H38N4O5/c1-3-5-27-33-35(44)40(29-19-11-7-12-20-29)42(31-23-15-9-16-24-31)37(33)47-39(46)48-38-34(28-6-4-2)36(45)41(30-21-13-8-14-22-30)43(38)32-25-17-10-18-26-32/h7-26H,3-6,27-28H2,1-2H3. The number of unbranched alkanes of at least 4 members (excludes halogenated alkanes) is 2. The van der Waals surface area contributed by atoms with Gasteiger partial charge in [0, 0.05) is 0 Å². The number of rotatable bonds is 12. The first-order valence-electron chi connectivity index (χ1n) is 16.4. The molecule has 0 aliphatic rings. The number of ether oxygens (including phenoxy) is 2. The minimum atomic E-state index is -1.06. The van der Waals surface area contributed by atoms with Crippen LogP contribution in [0.25, 0.3) is 22.7 Å². The first-order chi connectivity index (χ1) is 23.5. The van der Waals surface area contributed by atoms with E-state index in [-0.39, 0.29) is 22.9 Å². The Morgan fingerprint density at radius 2 is 0.771 bits per heavy atom. The maximum absolute atomic E-state index is 14.1. The zero-order valence-electron chi connectivity index (χ0n) is 27.1. The third-order valence-electron chi connectivity index (χ3n) is 8.13. The van der Waals surface area contributed by atoms with E-state index in [1.165, 1.54) is 9.36 Å². The highest BCUT2D eigenvalue weighted by molar-refractivity contribution is 5.68. The van der Waals surface area contributed by atoms with Gasteiger partial charge in [-0.25, -0.2) is 23.5 Å². The van der Waals surface area contributed by atoms with Gasteiger partial charge in [-0.3, -0.25) is 9.59 Å². The first-order valence-corrected chi connectivity index (χ1v) is 16.4. The fraction of sp³-hybridized carbons (Fsp3) is 0.205. The summed E-state index contributed by atoms with van der Waals surface area (Å²) in [4.78, 5) is 42.2. The molecule has 0 aliphatic carbocycles. The van der Waals surface area contributed by atoms with Crippen LogP contribution in [-0.4, -0.2) is 24.9 Å². The number of benzene rings is 4. The summed E-state index contributed by atoms with van der Waals surface area (Å²) in [6.45, 7) is 4.08. The maximum atomic E-state index is 14.1. The molecule has 0 radical (unpaired) electrons. The molecule has 0 atom stereocenters. The Balaban J connectivity index is 1.52.